The molecule has 0 fully saturated rings. The fourth-order valence-electron chi connectivity index (χ4n) is 6.70. The molecule has 0 saturated heterocycles. The molecule has 0 amide bonds. The van der Waals surface area contributed by atoms with Crippen LogP contribution >= 0.6 is 0 Å². The van der Waals surface area contributed by atoms with Crippen molar-refractivity contribution >= 4 is 60.9 Å². The Balaban J connectivity index is 1.13. The van der Waals surface area contributed by atoms with Gasteiger partial charge in [-0.1, -0.05) is 78.9 Å². The van der Waals surface area contributed by atoms with Crippen LogP contribution in [0.3, 0.4) is 0 Å². The summed E-state index contributed by atoms with van der Waals surface area (Å²) in [5, 5.41) is 4.04. The van der Waals surface area contributed by atoms with Crippen molar-refractivity contribution < 1.29 is 22.0 Å². The van der Waals surface area contributed by atoms with Crippen molar-refractivity contribution in [3.8, 4) is 22.3 Å². The molecular weight excluding hydrogens is 607 g/mol. The van der Waals surface area contributed by atoms with E-state index in [9.17, 15) is 13.2 Å². The Hall–Kier alpha value is -6.27. The molecule has 3 nitrogen and oxygen atoms in total. The predicted octanol–water partition coefficient (Wildman–Crippen LogP) is 12.7. The van der Waals surface area contributed by atoms with Gasteiger partial charge < -0.3 is 13.7 Å². The van der Waals surface area contributed by atoms with Gasteiger partial charge in [0.1, 0.15) is 39.8 Å². The van der Waals surface area contributed by atoms with Crippen LogP contribution in [0.5, 0.6) is 0 Å². The Morgan fingerprint density at radius 3 is 1.77 bits per heavy atom. The van der Waals surface area contributed by atoms with Gasteiger partial charge in [0.15, 0.2) is 0 Å². The average Bonchev–Trinajstić information content (AvgIpc) is 3.68. The third-order valence-electron chi connectivity index (χ3n) is 8.88. The Kier molecular flexibility index (Phi) is 6.37. The fraction of sp³-hybridized carbons (Fsp3) is 0. The first-order valence-electron chi connectivity index (χ1n) is 15.5. The largest absolute Gasteiger partial charge is 0.456 e. The number of hydrogen-bond acceptors (Lipinski definition) is 3. The van der Waals surface area contributed by atoms with Gasteiger partial charge in [0, 0.05) is 50.9 Å². The van der Waals surface area contributed by atoms with E-state index in [4.69, 9.17) is 8.83 Å². The summed E-state index contributed by atoms with van der Waals surface area (Å²) in [7, 11) is 0. The van der Waals surface area contributed by atoms with Gasteiger partial charge in [0.05, 0.1) is 10.9 Å². The number of nitrogens with zero attached hydrogens (tertiary/aromatic N) is 1. The predicted molar refractivity (Wildman–Crippen MR) is 186 cm³/mol. The number of furan rings is 2. The van der Waals surface area contributed by atoms with Crippen LogP contribution in [-0.2, 0) is 0 Å². The molecule has 0 aliphatic heterocycles. The third kappa shape index (κ3) is 4.45. The zero-order valence-corrected chi connectivity index (χ0v) is 25.3. The van der Waals surface area contributed by atoms with E-state index >= 15 is 0 Å². The van der Waals surface area contributed by atoms with Crippen molar-refractivity contribution in [1.29, 1.82) is 0 Å². The monoisotopic (exact) mass is 631 g/mol. The van der Waals surface area contributed by atoms with Gasteiger partial charge in [0.2, 0.25) is 0 Å². The van der Waals surface area contributed by atoms with Crippen molar-refractivity contribution in [1.82, 2.24) is 0 Å². The highest BCUT2D eigenvalue weighted by molar-refractivity contribution is 6.23. The van der Waals surface area contributed by atoms with E-state index in [1.165, 1.54) is 0 Å². The number of hydrogen-bond donors (Lipinski definition) is 0. The molecule has 0 radical (unpaired) electrons. The van der Waals surface area contributed by atoms with Gasteiger partial charge in [0.25, 0.3) is 0 Å². The first kappa shape index (κ1) is 28.0. The molecule has 2 heterocycles. The highest BCUT2D eigenvalue weighted by atomic mass is 19.1. The van der Waals surface area contributed by atoms with Crippen molar-refractivity contribution in [3.63, 3.8) is 0 Å². The van der Waals surface area contributed by atoms with Crippen LogP contribution in [0.2, 0.25) is 0 Å². The van der Waals surface area contributed by atoms with E-state index < -0.39 is 17.5 Å². The van der Waals surface area contributed by atoms with Crippen LogP contribution in [0.15, 0.2) is 154 Å². The second-order valence-corrected chi connectivity index (χ2v) is 11.7. The molecular formula is C42H24F3NO2. The summed E-state index contributed by atoms with van der Waals surface area (Å²) >= 11 is 0. The lowest BCUT2D eigenvalue weighted by atomic mass is 10.0. The van der Waals surface area contributed by atoms with Crippen molar-refractivity contribution in [2.75, 3.05) is 4.90 Å². The average molecular weight is 632 g/mol. The molecule has 0 aliphatic carbocycles. The van der Waals surface area contributed by atoms with E-state index in [1.54, 1.807) is 24.3 Å². The lowest BCUT2D eigenvalue weighted by molar-refractivity contribution is 0.548. The summed E-state index contributed by atoms with van der Waals surface area (Å²) in [4.78, 5) is 2.06. The molecule has 9 rings (SSSR count). The number of fused-ring (bicyclic) bond motifs is 7. The first-order chi connectivity index (χ1) is 23.5. The van der Waals surface area contributed by atoms with Crippen molar-refractivity contribution in [2.45, 2.75) is 0 Å². The van der Waals surface area contributed by atoms with Crippen LogP contribution < -0.4 is 4.90 Å². The van der Waals surface area contributed by atoms with Gasteiger partial charge in [-0.2, -0.15) is 0 Å². The highest BCUT2D eigenvalue weighted by Gasteiger charge is 2.19. The van der Waals surface area contributed by atoms with Crippen LogP contribution in [0, 0.1) is 17.5 Å². The van der Waals surface area contributed by atoms with Gasteiger partial charge in [-0.15, -0.1) is 0 Å². The molecule has 9 aromatic rings. The van der Waals surface area contributed by atoms with Gasteiger partial charge >= 0.3 is 0 Å². The Morgan fingerprint density at radius 2 is 1.04 bits per heavy atom. The summed E-state index contributed by atoms with van der Waals surface area (Å²) in [5.74, 6) is -2.85. The highest BCUT2D eigenvalue weighted by Crippen LogP contribution is 2.43. The zero-order chi connectivity index (χ0) is 32.4. The molecule has 0 aliphatic rings. The van der Waals surface area contributed by atoms with Crippen LogP contribution in [-0.4, -0.2) is 0 Å². The van der Waals surface area contributed by atoms with Crippen molar-refractivity contribution in [2.24, 2.45) is 0 Å². The topological polar surface area (TPSA) is 29.5 Å². The summed E-state index contributed by atoms with van der Waals surface area (Å²) in [6.45, 7) is 0. The maximum absolute atomic E-state index is 14.5. The SMILES string of the molecule is Fc1cc(F)c(-c2ccc(N(c3ccccc3)c3ccc(-c4cccc5c4oc4c5ccc5oc6ccccc6c54)cc3)cc2)c(F)c1. The molecule has 2 aromatic heterocycles. The summed E-state index contributed by atoms with van der Waals surface area (Å²) in [6.07, 6.45) is 0. The summed E-state index contributed by atoms with van der Waals surface area (Å²) < 4.78 is 55.4. The number of benzene rings is 7. The van der Waals surface area contributed by atoms with Crippen molar-refractivity contribution in [3.05, 3.63) is 163 Å². The molecule has 0 unspecified atom stereocenters. The number of para-hydroxylation sites is 3. The normalized spacial score (nSPS) is 11.6. The molecule has 48 heavy (non-hydrogen) atoms. The molecule has 7 aromatic carbocycles. The fourth-order valence-corrected chi connectivity index (χ4v) is 6.70. The standard InChI is InChI=1S/C42H24F3NO2/c43-27-23-35(44)39(36(45)24-27)26-15-19-30(20-16-26)46(28-7-2-1-3-8-28)29-17-13-25(14-18-29)31-10-6-11-32-33-21-22-38-40(42(33)48-41(31)32)34-9-4-5-12-37(34)47-38/h1-24H. The van der Waals surface area contributed by atoms with Gasteiger partial charge in [-0.3, -0.25) is 0 Å². The maximum Gasteiger partial charge on any atom is 0.147 e. The number of halogens is 3. The lowest BCUT2D eigenvalue weighted by Gasteiger charge is -2.26. The van der Waals surface area contributed by atoms with Crippen LogP contribution in [0.1, 0.15) is 0 Å². The van der Waals surface area contributed by atoms with Gasteiger partial charge in [-0.05, 0) is 65.7 Å². The molecule has 0 atom stereocenters. The first-order valence-corrected chi connectivity index (χ1v) is 15.5. The Bertz CT molecular complexity index is 2620. The molecule has 230 valence electrons. The zero-order valence-electron chi connectivity index (χ0n) is 25.3. The Labute approximate surface area is 272 Å². The van der Waals surface area contributed by atoms with Gasteiger partial charge in [-0.25, -0.2) is 13.2 Å². The second kappa shape index (κ2) is 10.9. The molecule has 0 saturated carbocycles. The molecule has 0 bridgehead atoms. The summed E-state index contributed by atoms with van der Waals surface area (Å²) in [6, 6.07) is 44.6. The lowest BCUT2D eigenvalue weighted by Crippen LogP contribution is -2.09. The summed E-state index contributed by atoms with van der Waals surface area (Å²) in [5.41, 5.74) is 7.81. The van der Waals surface area contributed by atoms with E-state index in [0.717, 1.165) is 72.1 Å². The van der Waals surface area contributed by atoms with Crippen LogP contribution in [0.25, 0.3) is 66.1 Å². The maximum atomic E-state index is 14.5. The molecule has 6 heteroatoms. The minimum atomic E-state index is -0.954. The minimum Gasteiger partial charge on any atom is -0.456 e. The molecule has 0 spiro atoms. The van der Waals surface area contributed by atoms with E-state index in [0.29, 0.717) is 17.7 Å². The quantitative estimate of drug-likeness (QED) is 0.189. The molecule has 0 N–H and O–H groups in total. The minimum absolute atomic E-state index is 0.264. The van der Waals surface area contributed by atoms with E-state index in [1.807, 2.05) is 72.8 Å². The van der Waals surface area contributed by atoms with E-state index in [-0.39, 0.29) is 5.56 Å². The van der Waals surface area contributed by atoms with Crippen LogP contribution in [0.4, 0.5) is 30.2 Å². The smallest absolute Gasteiger partial charge is 0.147 e. The third-order valence-corrected chi connectivity index (χ3v) is 8.88. The van der Waals surface area contributed by atoms with E-state index in [2.05, 4.69) is 41.3 Å². The second-order valence-electron chi connectivity index (χ2n) is 11.7. The number of rotatable bonds is 5. The number of anilines is 3. The Morgan fingerprint density at radius 1 is 0.438 bits per heavy atom.